The van der Waals surface area contributed by atoms with Gasteiger partial charge in [-0.2, -0.15) is 0 Å². The molecule has 3 nitrogen and oxygen atoms in total. The van der Waals surface area contributed by atoms with E-state index in [1.165, 1.54) is 4.90 Å². The van der Waals surface area contributed by atoms with Crippen LogP contribution >= 0.6 is 34.4 Å². The summed E-state index contributed by atoms with van der Waals surface area (Å²) >= 11 is 4.10. The Morgan fingerprint density at radius 2 is 1.90 bits per heavy atom. The molecule has 0 amide bonds. The minimum absolute atomic E-state index is 0.798. The second-order valence-electron chi connectivity index (χ2n) is 4.23. The van der Waals surface area contributed by atoms with Crippen molar-refractivity contribution < 1.29 is 0 Å². The van der Waals surface area contributed by atoms with Gasteiger partial charge in [-0.1, -0.05) is 25.1 Å². The van der Waals surface area contributed by atoms with Gasteiger partial charge in [0.1, 0.15) is 11.6 Å². The van der Waals surface area contributed by atoms with E-state index in [0.717, 1.165) is 39.6 Å². The average Bonchev–Trinajstić information content (AvgIpc) is 2.49. The van der Waals surface area contributed by atoms with Crippen LogP contribution in [0.25, 0.3) is 0 Å². The van der Waals surface area contributed by atoms with Crippen molar-refractivity contribution in [3.63, 3.8) is 0 Å². The molecular weight excluding hydrogens is 381 g/mol. The molecule has 106 valence electrons. The SMILES string of the molecule is CCNc1nc(CSc2ccccc2)nc(CC)c1I. The molecule has 0 saturated heterocycles. The third-order valence-electron chi connectivity index (χ3n) is 2.76. The van der Waals surface area contributed by atoms with Crippen molar-refractivity contribution in [2.24, 2.45) is 0 Å². The largest absolute Gasteiger partial charge is 0.369 e. The number of aryl methyl sites for hydroxylation is 1. The monoisotopic (exact) mass is 399 g/mol. The van der Waals surface area contributed by atoms with E-state index in [-0.39, 0.29) is 0 Å². The highest BCUT2D eigenvalue weighted by atomic mass is 127. The van der Waals surface area contributed by atoms with Crippen LogP contribution in [0.4, 0.5) is 5.82 Å². The van der Waals surface area contributed by atoms with Crippen molar-refractivity contribution in [1.82, 2.24) is 9.97 Å². The van der Waals surface area contributed by atoms with E-state index in [9.17, 15) is 0 Å². The summed E-state index contributed by atoms with van der Waals surface area (Å²) in [5, 5.41) is 3.32. The van der Waals surface area contributed by atoms with Gasteiger partial charge in [-0.25, -0.2) is 9.97 Å². The van der Waals surface area contributed by atoms with Gasteiger partial charge < -0.3 is 5.32 Å². The number of anilines is 1. The highest BCUT2D eigenvalue weighted by Crippen LogP contribution is 2.24. The molecule has 0 aliphatic rings. The molecule has 1 heterocycles. The molecule has 0 spiro atoms. The fraction of sp³-hybridized carbons (Fsp3) is 0.333. The molecule has 0 aliphatic heterocycles. The first-order chi connectivity index (χ1) is 9.74. The minimum Gasteiger partial charge on any atom is -0.369 e. The summed E-state index contributed by atoms with van der Waals surface area (Å²) < 4.78 is 1.14. The van der Waals surface area contributed by atoms with E-state index in [2.05, 4.69) is 76.0 Å². The van der Waals surface area contributed by atoms with E-state index in [1.807, 2.05) is 6.07 Å². The zero-order valence-electron chi connectivity index (χ0n) is 11.7. The molecule has 1 aromatic carbocycles. The first-order valence-corrected chi connectivity index (χ1v) is 8.78. The molecular formula is C15H18IN3S. The van der Waals surface area contributed by atoms with E-state index >= 15 is 0 Å². The molecule has 5 heteroatoms. The zero-order chi connectivity index (χ0) is 14.4. The number of nitrogens with one attached hydrogen (secondary N) is 1. The van der Waals surface area contributed by atoms with E-state index in [0.29, 0.717) is 0 Å². The van der Waals surface area contributed by atoms with Gasteiger partial charge in [-0.15, -0.1) is 11.8 Å². The third-order valence-corrected chi connectivity index (χ3v) is 4.90. The summed E-state index contributed by atoms with van der Waals surface area (Å²) in [6, 6.07) is 10.4. The Hall–Kier alpha value is -0.820. The Morgan fingerprint density at radius 3 is 2.55 bits per heavy atom. The first-order valence-electron chi connectivity index (χ1n) is 6.71. The van der Waals surface area contributed by atoms with Crippen molar-refractivity contribution in [2.45, 2.75) is 30.9 Å². The van der Waals surface area contributed by atoms with E-state index < -0.39 is 0 Å². The smallest absolute Gasteiger partial charge is 0.143 e. The molecule has 0 atom stereocenters. The van der Waals surface area contributed by atoms with Crippen molar-refractivity contribution in [3.8, 4) is 0 Å². The van der Waals surface area contributed by atoms with Crippen LogP contribution in [0.3, 0.4) is 0 Å². The first kappa shape index (κ1) is 15.6. The number of nitrogens with zero attached hydrogens (tertiary/aromatic N) is 2. The number of benzene rings is 1. The van der Waals surface area contributed by atoms with Crippen molar-refractivity contribution >= 4 is 40.2 Å². The van der Waals surface area contributed by atoms with Gasteiger partial charge in [-0.3, -0.25) is 0 Å². The lowest BCUT2D eigenvalue weighted by molar-refractivity contribution is 0.923. The Kier molecular flexibility index (Phi) is 6.09. The second kappa shape index (κ2) is 7.83. The normalized spacial score (nSPS) is 10.6. The van der Waals surface area contributed by atoms with Crippen molar-refractivity contribution in [1.29, 1.82) is 0 Å². The van der Waals surface area contributed by atoms with Crippen LogP contribution in [0.2, 0.25) is 0 Å². The highest BCUT2D eigenvalue weighted by molar-refractivity contribution is 14.1. The predicted molar refractivity (Wildman–Crippen MR) is 94.3 cm³/mol. The van der Waals surface area contributed by atoms with Crippen LogP contribution in [0.15, 0.2) is 35.2 Å². The lowest BCUT2D eigenvalue weighted by Gasteiger charge is -2.11. The summed E-state index contributed by atoms with van der Waals surface area (Å²) in [7, 11) is 0. The number of hydrogen-bond donors (Lipinski definition) is 1. The quantitative estimate of drug-likeness (QED) is 0.579. The molecule has 0 unspecified atom stereocenters. The molecule has 1 N–H and O–H groups in total. The minimum atomic E-state index is 0.798. The molecule has 0 saturated carbocycles. The maximum Gasteiger partial charge on any atom is 0.143 e. The Bertz CT molecular complexity index is 561. The molecule has 2 rings (SSSR count). The molecule has 0 bridgehead atoms. The van der Waals surface area contributed by atoms with Crippen LogP contribution in [0, 0.1) is 3.57 Å². The summed E-state index contributed by atoms with van der Waals surface area (Å²) in [5.41, 5.74) is 1.13. The molecule has 0 radical (unpaired) electrons. The second-order valence-corrected chi connectivity index (χ2v) is 6.36. The Balaban J connectivity index is 2.16. The third kappa shape index (κ3) is 4.09. The van der Waals surface area contributed by atoms with Crippen molar-refractivity contribution in [2.75, 3.05) is 11.9 Å². The molecule has 0 aliphatic carbocycles. The fourth-order valence-corrected chi connectivity index (χ4v) is 3.38. The number of aromatic nitrogens is 2. The maximum absolute atomic E-state index is 4.67. The number of thioether (sulfide) groups is 1. The van der Waals surface area contributed by atoms with Gasteiger partial charge in [0, 0.05) is 11.4 Å². The fourth-order valence-electron chi connectivity index (χ4n) is 1.79. The Morgan fingerprint density at radius 1 is 1.15 bits per heavy atom. The van der Waals surface area contributed by atoms with Gasteiger partial charge in [0.2, 0.25) is 0 Å². The molecule has 1 aromatic heterocycles. The van der Waals surface area contributed by atoms with E-state index in [1.54, 1.807) is 11.8 Å². The zero-order valence-corrected chi connectivity index (χ0v) is 14.7. The van der Waals surface area contributed by atoms with Crippen LogP contribution in [0.1, 0.15) is 25.4 Å². The molecule has 20 heavy (non-hydrogen) atoms. The summed E-state index contributed by atoms with van der Waals surface area (Å²) in [4.78, 5) is 10.6. The van der Waals surface area contributed by atoms with Crippen LogP contribution in [0.5, 0.6) is 0 Å². The van der Waals surface area contributed by atoms with Crippen LogP contribution in [-0.2, 0) is 12.2 Å². The maximum atomic E-state index is 4.67. The van der Waals surface area contributed by atoms with Crippen LogP contribution in [-0.4, -0.2) is 16.5 Å². The number of halogens is 1. The topological polar surface area (TPSA) is 37.8 Å². The van der Waals surface area contributed by atoms with Gasteiger partial charge >= 0.3 is 0 Å². The number of hydrogen-bond acceptors (Lipinski definition) is 4. The van der Waals surface area contributed by atoms with Gasteiger partial charge in [0.05, 0.1) is 15.0 Å². The predicted octanol–water partition coefficient (Wildman–Crippen LogP) is 4.37. The summed E-state index contributed by atoms with van der Waals surface area (Å²) in [5.74, 6) is 2.66. The number of rotatable bonds is 6. The lowest BCUT2D eigenvalue weighted by Crippen LogP contribution is -2.09. The lowest BCUT2D eigenvalue weighted by atomic mass is 10.3. The standard InChI is InChI=1S/C15H18IN3S/c1-3-12-14(16)15(17-4-2)19-13(18-12)10-20-11-8-6-5-7-9-11/h5-9H,3-4,10H2,1-2H3,(H,17,18,19). The average molecular weight is 399 g/mol. The Labute approximate surface area is 138 Å². The summed E-state index contributed by atoms with van der Waals surface area (Å²) in [6.45, 7) is 5.10. The van der Waals surface area contributed by atoms with Gasteiger partial charge in [0.15, 0.2) is 0 Å². The summed E-state index contributed by atoms with van der Waals surface area (Å²) in [6.07, 6.45) is 0.933. The molecule has 2 aromatic rings. The highest BCUT2D eigenvalue weighted by Gasteiger charge is 2.10. The van der Waals surface area contributed by atoms with Crippen molar-refractivity contribution in [3.05, 3.63) is 45.4 Å². The van der Waals surface area contributed by atoms with Crippen LogP contribution < -0.4 is 5.32 Å². The van der Waals surface area contributed by atoms with E-state index in [4.69, 9.17) is 0 Å². The van der Waals surface area contributed by atoms with Gasteiger partial charge in [-0.05, 0) is 48.1 Å². The molecule has 0 fully saturated rings. The van der Waals surface area contributed by atoms with Gasteiger partial charge in [0.25, 0.3) is 0 Å².